The van der Waals surface area contributed by atoms with Gasteiger partial charge in [0.25, 0.3) is 0 Å². The van der Waals surface area contributed by atoms with Crippen LogP contribution in [-0.4, -0.2) is 27.5 Å². The van der Waals surface area contributed by atoms with Crippen LogP contribution in [0.1, 0.15) is 0 Å². The molecule has 0 spiro atoms. The summed E-state index contributed by atoms with van der Waals surface area (Å²) in [5, 5.41) is 11.5. The first-order valence-corrected chi connectivity index (χ1v) is 6.51. The van der Waals surface area contributed by atoms with Crippen molar-refractivity contribution in [1.29, 1.82) is 0 Å². The Kier molecular flexibility index (Phi) is 7.62. The first kappa shape index (κ1) is 18.4. The van der Waals surface area contributed by atoms with Gasteiger partial charge in [-0.05, 0) is 12.1 Å². The predicted octanol–water partition coefficient (Wildman–Crippen LogP) is 2.18. The summed E-state index contributed by atoms with van der Waals surface area (Å²) in [5.74, 6) is 0.262. The number of nitrogens with zero attached hydrogens (tertiary/aromatic N) is 2. The maximum Gasteiger partial charge on any atom is 3.00 e. The van der Waals surface area contributed by atoms with Gasteiger partial charge in [0.15, 0.2) is 0 Å². The number of hydrogen-bond acceptors (Lipinski definition) is 4. The second kappa shape index (κ2) is 7.86. The molecule has 0 saturated heterocycles. The Hall–Kier alpha value is -0.596. The number of pyridine rings is 1. The molecule has 2 rings (SSSR count). The first-order chi connectivity index (χ1) is 8.41. The maximum absolute atomic E-state index is 11.2. The van der Waals surface area contributed by atoms with E-state index in [1.807, 2.05) is 0 Å². The number of aromatic nitrogens is 1. The Morgan fingerprint density at radius 2 is 1.79 bits per heavy atom. The average molecular weight is 355 g/mol. The number of anilines is 1. The summed E-state index contributed by atoms with van der Waals surface area (Å²) in [6, 6.07) is 6.13. The van der Waals surface area contributed by atoms with Gasteiger partial charge in [0.2, 0.25) is 0 Å². The first-order valence-electron chi connectivity index (χ1n) is 5.02. The minimum Gasteiger partial charge on any atom is -0.668 e. The summed E-state index contributed by atoms with van der Waals surface area (Å²) in [4.78, 5) is 3.81. The van der Waals surface area contributed by atoms with E-state index in [2.05, 4.69) is 10.3 Å². The van der Waals surface area contributed by atoms with Crippen LogP contribution in [0, 0.1) is 0 Å². The SMILES string of the molecule is C[N-]C.[NH-]S(=O)(=O)c1cccc2c(N)nccc12.[Y+3]. The van der Waals surface area contributed by atoms with Crippen molar-refractivity contribution in [3.05, 3.63) is 40.9 Å². The molecule has 0 aliphatic carbocycles. The molecule has 0 aliphatic heterocycles. The molecule has 0 atom stereocenters. The zero-order valence-electron chi connectivity index (χ0n) is 10.7. The van der Waals surface area contributed by atoms with Crippen LogP contribution >= 0.6 is 0 Å². The minimum absolute atomic E-state index is 0. The number of fused-ring (bicyclic) bond motifs is 1. The molecule has 6 nitrogen and oxygen atoms in total. The fourth-order valence-electron chi connectivity index (χ4n) is 1.44. The van der Waals surface area contributed by atoms with Crippen LogP contribution in [0.25, 0.3) is 21.2 Å². The molecule has 0 amide bonds. The molecule has 0 saturated carbocycles. The fraction of sp³-hybridized carbons (Fsp3) is 0.182. The van der Waals surface area contributed by atoms with E-state index in [1.54, 1.807) is 26.2 Å². The summed E-state index contributed by atoms with van der Waals surface area (Å²) >= 11 is 0. The summed E-state index contributed by atoms with van der Waals surface area (Å²) in [6.45, 7) is 0. The van der Waals surface area contributed by atoms with E-state index in [-0.39, 0.29) is 43.4 Å². The second-order valence-electron chi connectivity index (χ2n) is 3.50. The number of sulfonamides is 1. The number of rotatable bonds is 1. The van der Waals surface area contributed by atoms with Crippen LogP contribution in [0.3, 0.4) is 0 Å². The van der Waals surface area contributed by atoms with Crippen LogP contribution < -0.4 is 5.73 Å². The second-order valence-corrected chi connectivity index (χ2v) is 4.94. The maximum atomic E-state index is 11.2. The molecule has 2 aromatic rings. The van der Waals surface area contributed by atoms with Crippen molar-refractivity contribution in [2.24, 2.45) is 0 Å². The summed E-state index contributed by atoms with van der Waals surface area (Å²) in [7, 11) is -0.480. The van der Waals surface area contributed by atoms with Gasteiger partial charge >= 0.3 is 32.7 Å². The normalized spacial score (nSPS) is 10.3. The van der Waals surface area contributed by atoms with Crippen molar-refractivity contribution < 1.29 is 41.1 Å². The molecule has 0 radical (unpaired) electrons. The van der Waals surface area contributed by atoms with E-state index in [0.717, 1.165) is 0 Å². The van der Waals surface area contributed by atoms with Gasteiger partial charge in [0.1, 0.15) is 5.82 Å². The van der Waals surface area contributed by atoms with Crippen molar-refractivity contribution in [3.63, 3.8) is 0 Å². The number of hydrogen-bond donors (Lipinski definition) is 1. The number of benzene rings is 1. The van der Waals surface area contributed by atoms with Crippen molar-refractivity contribution in [2.75, 3.05) is 19.8 Å². The Balaban J connectivity index is 0.000000742. The van der Waals surface area contributed by atoms with Gasteiger partial charge in [-0.15, -0.1) is 0 Å². The monoisotopic (exact) mass is 355 g/mol. The van der Waals surface area contributed by atoms with Gasteiger partial charge in [-0.3, -0.25) is 0 Å². The largest absolute Gasteiger partial charge is 3.00 e. The summed E-state index contributed by atoms with van der Waals surface area (Å²) < 4.78 is 22.3. The van der Waals surface area contributed by atoms with E-state index >= 15 is 0 Å². The number of nitrogen functional groups attached to an aromatic ring is 1. The fourth-order valence-corrected chi connectivity index (χ4v) is 2.16. The number of nitrogens with two attached hydrogens (primary N) is 1. The van der Waals surface area contributed by atoms with Crippen LogP contribution in [0.5, 0.6) is 0 Å². The van der Waals surface area contributed by atoms with Crippen LogP contribution in [-0.2, 0) is 42.7 Å². The summed E-state index contributed by atoms with van der Waals surface area (Å²) in [5.41, 5.74) is 5.60. The zero-order chi connectivity index (χ0) is 13.8. The van der Waals surface area contributed by atoms with Gasteiger partial charge in [0, 0.05) is 17.0 Å². The molecule has 1 heterocycles. The molecule has 0 unspecified atom stereocenters. The molecular formula is C11H14N4O2SY+. The van der Waals surface area contributed by atoms with Gasteiger partial charge < -0.3 is 16.2 Å². The zero-order valence-corrected chi connectivity index (χ0v) is 14.3. The van der Waals surface area contributed by atoms with Crippen molar-refractivity contribution in [3.8, 4) is 0 Å². The summed E-state index contributed by atoms with van der Waals surface area (Å²) in [6.07, 6.45) is 1.42. The predicted molar refractivity (Wildman–Crippen MR) is 72.9 cm³/mol. The van der Waals surface area contributed by atoms with Crippen molar-refractivity contribution >= 4 is 26.6 Å². The smallest absolute Gasteiger partial charge is 0.668 e. The Morgan fingerprint density at radius 3 is 2.32 bits per heavy atom. The Bertz CT molecular complexity index is 646. The molecular weight excluding hydrogens is 341 g/mol. The van der Waals surface area contributed by atoms with E-state index in [4.69, 9.17) is 10.9 Å². The Morgan fingerprint density at radius 1 is 1.21 bits per heavy atom. The third-order valence-electron chi connectivity index (χ3n) is 2.09. The third-order valence-corrected chi connectivity index (χ3v) is 3.02. The molecule has 1 aromatic heterocycles. The number of nitrogens with one attached hydrogen (secondary N) is 1. The van der Waals surface area contributed by atoms with E-state index in [9.17, 15) is 8.42 Å². The average Bonchev–Trinajstić information content (AvgIpc) is 2.29. The Labute approximate surface area is 137 Å². The van der Waals surface area contributed by atoms with Crippen molar-refractivity contribution in [2.45, 2.75) is 4.90 Å². The molecule has 8 heteroatoms. The topological polar surface area (TPSA) is 111 Å². The van der Waals surface area contributed by atoms with E-state index in [1.165, 1.54) is 18.3 Å². The van der Waals surface area contributed by atoms with E-state index < -0.39 is 10.0 Å². The van der Waals surface area contributed by atoms with E-state index in [0.29, 0.717) is 10.8 Å². The molecule has 0 aliphatic rings. The van der Waals surface area contributed by atoms with Crippen molar-refractivity contribution in [1.82, 2.24) is 4.98 Å². The van der Waals surface area contributed by atoms with Gasteiger partial charge in [-0.1, -0.05) is 12.1 Å². The molecule has 0 fully saturated rings. The molecule has 0 bridgehead atoms. The van der Waals surface area contributed by atoms with Gasteiger partial charge in [0.05, 0.1) is 14.9 Å². The van der Waals surface area contributed by atoms with Gasteiger partial charge in [-0.25, -0.2) is 13.4 Å². The standard InChI is InChI=1S/C9H8N3O2S.C2H6N.Y/c10-9-7-2-1-3-8(15(11,13)14)6(7)4-5-12-9;1-3-2;/h1-5H,(H3-,10,11,12,13,14);1-2H3;/q2*-1;+3. The third kappa shape index (κ3) is 4.78. The molecule has 98 valence electrons. The molecule has 3 N–H and O–H groups in total. The molecule has 19 heavy (non-hydrogen) atoms. The van der Waals surface area contributed by atoms with Gasteiger partial charge in [-0.2, -0.15) is 14.1 Å². The quantitative estimate of drug-likeness (QED) is 0.845. The van der Waals surface area contributed by atoms with Crippen LogP contribution in [0.15, 0.2) is 35.4 Å². The van der Waals surface area contributed by atoms with Crippen LogP contribution in [0.4, 0.5) is 5.82 Å². The minimum atomic E-state index is -3.98. The molecule has 1 aromatic carbocycles. The van der Waals surface area contributed by atoms with Crippen LogP contribution in [0.2, 0.25) is 0 Å².